The van der Waals surface area contributed by atoms with E-state index in [1.165, 1.54) is 10.4 Å². The highest BCUT2D eigenvalue weighted by Gasteiger charge is 2.26. The van der Waals surface area contributed by atoms with E-state index >= 15 is 0 Å². The van der Waals surface area contributed by atoms with Crippen molar-refractivity contribution in [3.63, 3.8) is 0 Å². The van der Waals surface area contributed by atoms with Gasteiger partial charge in [-0.15, -0.1) is 0 Å². The summed E-state index contributed by atoms with van der Waals surface area (Å²) in [6, 6.07) is 3.22. The van der Waals surface area contributed by atoms with E-state index in [0.29, 0.717) is 25.4 Å². The second-order valence-electron chi connectivity index (χ2n) is 4.90. The summed E-state index contributed by atoms with van der Waals surface area (Å²) >= 11 is 0. The molecule has 1 N–H and O–H groups in total. The fourth-order valence-corrected chi connectivity index (χ4v) is 3.32. The van der Waals surface area contributed by atoms with Crippen LogP contribution >= 0.6 is 0 Å². The molecule has 1 rings (SSSR count). The average Bonchev–Trinajstić information content (AvgIpc) is 2.84. The summed E-state index contributed by atoms with van der Waals surface area (Å²) in [5.74, 6) is 0.621. The summed E-state index contributed by atoms with van der Waals surface area (Å²) in [7, 11) is 2.21. The van der Waals surface area contributed by atoms with Crippen LogP contribution in [0.1, 0.15) is 19.1 Å². The van der Waals surface area contributed by atoms with E-state index in [1.807, 2.05) is 25.9 Å². The van der Waals surface area contributed by atoms with Gasteiger partial charge in [0.1, 0.15) is 5.76 Å². The number of hydrogen-bond acceptors (Lipinski definition) is 5. The zero-order valence-electron chi connectivity index (χ0n) is 12.7. The van der Waals surface area contributed by atoms with Gasteiger partial charge in [0.2, 0.25) is 5.09 Å². The molecule has 1 aromatic rings. The van der Waals surface area contributed by atoms with Gasteiger partial charge >= 0.3 is 0 Å². The van der Waals surface area contributed by atoms with Crippen molar-refractivity contribution in [1.82, 2.24) is 14.5 Å². The van der Waals surface area contributed by atoms with Crippen molar-refractivity contribution >= 4 is 10.0 Å². The smallest absolute Gasteiger partial charge is 0.276 e. The second-order valence-corrected chi connectivity index (χ2v) is 6.77. The zero-order valence-corrected chi connectivity index (χ0v) is 13.5. The van der Waals surface area contributed by atoms with Gasteiger partial charge in [0.15, 0.2) is 0 Å². The Balaban J connectivity index is 2.77. The predicted octanol–water partition coefficient (Wildman–Crippen LogP) is 0.961. The molecular weight excluding hydrogens is 278 g/mol. The topological polar surface area (TPSA) is 65.8 Å². The van der Waals surface area contributed by atoms with Gasteiger partial charge in [-0.25, -0.2) is 8.42 Å². The van der Waals surface area contributed by atoms with Crippen LogP contribution in [0.25, 0.3) is 0 Å². The molecule has 20 heavy (non-hydrogen) atoms. The Bertz CT molecular complexity index is 497. The fraction of sp³-hybridized carbons (Fsp3) is 0.692. The van der Waals surface area contributed by atoms with Crippen molar-refractivity contribution in [1.29, 1.82) is 0 Å². The Morgan fingerprint density at radius 3 is 2.50 bits per heavy atom. The highest BCUT2D eigenvalue weighted by atomic mass is 32.2. The van der Waals surface area contributed by atoms with Gasteiger partial charge in [0, 0.05) is 13.1 Å². The molecule has 0 aromatic carbocycles. The third kappa shape index (κ3) is 4.59. The van der Waals surface area contributed by atoms with E-state index in [2.05, 4.69) is 5.32 Å². The molecule has 0 radical (unpaired) electrons. The third-order valence-electron chi connectivity index (χ3n) is 2.95. The molecule has 0 aliphatic carbocycles. The molecule has 0 saturated heterocycles. The lowest BCUT2D eigenvalue weighted by Crippen LogP contribution is -2.33. The minimum Gasteiger partial charge on any atom is -0.447 e. The minimum atomic E-state index is -3.53. The molecule has 0 aliphatic rings. The first-order valence-corrected chi connectivity index (χ1v) is 8.24. The Labute approximate surface area is 121 Å². The quantitative estimate of drug-likeness (QED) is 0.736. The number of rotatable bonds is 9. The number of nitrogens with one attached hydrogen (secondary N) is 1. The molecule has 0 atom stereocenters. The number of furan rings is 1. The van der Waals surface area contributed by atoms with E-state index in [1.54, 1.807) is 13.1 Å². The van der Waals surface area contributed by atoms with Crippen molar-refractivity contribution < 1.29 is 12.8 Å². The molecule has 0 aliphatic heterocycles. The van der Waals surface area contributed by atoms with Crippen molar-refractivity contribution in [2.75, 3.05) is 40.8 Å². The van der Waals surface area contributed by atoms with Gasteiger partial charge < -0.3 is 14.6 Å². The number of sulfonamides is 1. The summed E-state index contributed by atoms with van der Waals surface area (Å²) in [4.78, 5) is 2.04. The Hall–Kier alpha value is -0.890. The highest BCUT2D eigenvalue weighted by Crippen LogP contribution is 2.19. The lowest BCUT2D eigenvalue weighted by atomic mass is 10.4. The van der Waals surface area contributed by atoms with Crippen LogP contribution < -0.4 is 5.32 Å². The zero-order chi connectivity index (χ0) is 15.2. The molecule has 0 spiro atoms. The maximum absolute atomic E-state index is 12.5. The molecule has 1 heterocycles. The fourth-order valence-electron chi connectivity index (χ4n) is 1.90. The molecule has 0 fully saturated rings. The largest absolute Gasteiger partial charge is 0.447 e. The maximum Gasteiger partial charge on any atom is 0.276 e. The van der Waals surface area contributed by atoms with Gasteiger partial charge in [0.25, 0.3) is 10.0 Å². The molecular formula is C13H25N3O3S. The molecule has 0 amide bonds. The van der Waals surface area contributed by atoms with Crippen molar-refractivity contribution in [2.45, 2.75) is 25.0 Å². The van der Waals surface area contributed by atoms with Crippen molar-refractivity contribution in [3.05, 3.63) is 17.9 Å². The van der Waals surface area contributed by atoms with E-state index in [4.69, 9.17) is 4.42 Å². The van der Waals surface area contributed by atoms with Crippen LogP contribution in [-0.2, 0) is 16.6 Å². The normalized spacial score (nSPS) is 12.5. The van der Waals surface area contributed by atoms with E-state index in [-0.39, 0.29) is 5.09 Å². The lowest BCUT2D eigenvalue weighted by molar-refractivity contribution is 0.342. The molecule has 6 nitrogen and oxygen atoms in total. The molecule has 0 bridgehead atoms. The van der Waals surface area contributed by atoms with Crippen LogP contribution in [-0.4, -0.2) is 58.4 Å². The van der Waals surface area contributed by atoms with Crippen LogP contribution in [0.3, 0.4) is 0 Å². The van der Waals surface area contributed by atoms with Crippen molar-refractivity contribution in [2.24, 2.45) is 0 Å². The highest BCUT2D eigenvalue weighted by molar-refractivity contribution is 7.89. The first kappa shape index (κ1) is 17.2. The average molecular weight is 303 g/mol. The van der Waals surface area contributed by atoms with E-state index in [9.17, 15) is 8.42 Å². The van der Waals surface area contributed by atoms with Gasteiger partial charge in [-0.05, 0) is 46.2 Å². The Morgan fingerprint density at radius 2 is 1.95 bits per heavy atom. The minimum absolute atomic E-state index is 0.0226. The first-order chi connectivity index (χ1) is 9.41. The monoisotopic (exact) mass is 303 g/mol. The number of hydrogen-bond donors (Lipinski definition) is 1. The summed E-state index contributed by atoms with van der Waals surface area (Å²) in [5, 5.41) is 2.95. The summed E-state index contributed by atoms with van der Waals surface area (Å²) in [5.41, 5.74) is 0. The summed E-state index contributed by atoms with van der Waals surface area (Å²) < 4.78 is 31.8. The Morgan fingerprint density at radius 1 is 1.25 bits per heavy atom. The van der Waals surface area contributed by atoms with Crippen molar-refractivity contribution in [3.8, 4) is 0 Å². The van der Waals surface area contributed by atoms with Crippen LogP contribution in [0.5, 0.6) is 0 Å². The van der Waals surface area contributed by atoms with E-state index < -0.39 is 10.0 Å². The molecule has 116 valence electrons. The van der Waals surface area contributed by atoms with Gasteiger partial charge in [-0.2, -0.15) is 4.31 Å². The maximum atomic E-state index is 12.5. The SMILES string of the molecule is CCN(CCCN(C)C)S(=O)(=O)c1ccc(CNC)o1. The molecule has 7 heteroatoms. The lowest BCUT2D eigenvalue weighted by Gasteiger charge is -2.20. The van der Waals surface area contributed by atoms with Crippen LogP contribution in [0.4, 0.5) is 0 Å². The third-order valence-corrected chi connectivity index (χ3v) is 4.80. The van der Waals surface area contributed by atoms with Crippen LogP contribution in [0, 0.1) is 0 Å². The van der Waals surface area contributed by atoms with Crippen LogP contribution in [0.15, 0.2) is 21.6 Å². The molecule has 0 saturated carbocycles. The van der Waals surface area contributed by atoms with E-state index in [0.717, 1.165) is 13.0 Å². The molecule has 0 unspecified atom stereocenters. The Kier molecular flexibility index (Phi) is 6.67. The predicted molar refractivity (Wildman–Crippen MR) is 79.1 cm³/mol. The van der Waals surface area contributed by atoms with Gasteiger partial charge in [-0.3, -0.25) is 0 Å². The van der Waals surface area contributed by atoms with Crippen LogP contribution in [0.2, 0.25) is 0 Å². The molecule has 1 aromatic heterocycles. The second kappa shape index (κ2) is 7.78. The van der Waals surface area contributed by atoms with Gasteiger partial charge in [0.05, 0.1) is 6.54 Å². The number of nitrogens with zero attached hydrogens (tertiary/aromatic N) is 2. The first-order valence-electron chi connectivity index (χ1n) is 6.80. The van der Waals surface area contributed by atoms with Gasteiger partial charge in [-0.1, -0.05) is 6.92 Å². The summed E-state index contributed by atoms with van der Waals surface area (Å²) in [6.07, 6.45) is 0.796. The summed E-state index contributed by atoms with van der Waals surface area (Å²) in [6.45, 7) is 4.15. The standard InChI is InChI=1S/C13H25N3O3S/c1-5-16(10-6-9-15(3)4)20(17,18)13-8-7-12(19-13)11-14-2/h7-8,14H,5-6,9-11H2,1-4H3.